The molecule has 6 heteroatoms. The molecular formula is C12H10Br4O2. The van der Waals surface area contributed by atoms with Crippen LogP contribution in [0.25, 0.3) is 0 Å². The largest absolute Gasteiger partial charge is 0.484 e. The van der Waals surface area contributed by atoms with Gasteiger partial charge >= 0.3 is 0 Å². The predicted octanol–water partition coefficient (Wildman–Crippen LogP) is 5.87. The molecule has 0 saturated carbocycles. The minimum Gasteiger partial charge on any atom is -0.484 e. The van der Waals surface area contributed by atoms with E-state index in [4.69, 9.17) is 9.47 Å². The van der Waals surface area contributed by atoms with Gasteiger partial charge in [0.25, 0.3) is 0 Å². The van der Waals surface area contributed by atoms with E-state index >= 15 is 0 Å². The molecule has 0 aliphatic carbocycles. The van der Waals surface area contributed by atoms with Crippen LogP contribution in [0.3, 0.4) is 0 Å². The van der Waals surface area contributed by atoms with Crippen molar-refractivity contribution in [2.45, 2.75) is 0 Å². The summed E-state index contributed by atoms with van der Waals surface area (Å²) in [4.78, 5) is 0. The van der Waals surface area contributed by atoms with Crippen molar-refractivity contribution in [1.82, 2.24) is 0 Å². The highest BCUT2D eigenvalue weighted by Crippen LogP contribution is 2.50. The maximum atomic E-state index is 5.63. The second-order valence-corrected chi connectivity index (χ2v) is 6.29. The van der Waals surface area contributed by atoms with Gasteiger partial charge in [-0.1, -0.05) is 25.3 Å². The predicted molar refractivity (Wildman–Crippen MR) is 88.6 cm³/mol. The molecule has 0 atom stereocenters. The fraction of sp³-hybridized carbons (Fsp3) is 0.167. The van der Waals surface area contributed by atoms with Crippen LogP contribution in [0.2, 0.25) is 0 Å². The van der Waals surface area contributed by atoms with Gasteiger partial charge in [0, 0.05) is 0 Å². The summed E-state index contributed by atoms with van der Waals surface area (Å²) in [5.41, 5.74) is 0. The molecule has 1 aromatic rings. The van der Waals surface area contributed by atoms with E-state index in [9.17, 15) is 0 Å². The van der Waals surface area contributed by atoms with Crippen LogP contribution in [0.1, 0.15) is 0 Å². The maximum Gasteiger partial charge on any atom is 0.178 e. The Morgan fingerprint density at radius 1 is 0.722 bits per heavy atom. The van der Waals surface area contributed by atoms with Crippen molar-refractivity contribution in [1.29, 1.82) is 0 Å². The van der Waals surface area contributed by atoms with E-state index in [2.05, 4.69) is 76.9 Å². The van der Waals surface area contributed by atoms with Crippen molar-refractivity contribution in [3.8, 4) is 11.5 Å². The van der Waals surface area contributed by atoms with Gasteiger partial charge < -0.3 is 9.47 Å². The molecule has 1 rings (SSSR count). The first kappa shape index (κ1) is 16.3. The van der Waals surface area contributed by atoms with Gasteiger partial charge in [-0.3, -0.25) is 0 Å². The van der Waals surface area contributed by atoms with Crippen LogP contribution in [-0.4, -0.2) is 13.2 Å². The van der Waals surface area contributed by atoms with Crippen LogP contribution in [0.15, 0.2) is 43.2 Å². The third kappa shape index (κ3) is 3.62. The third-order valence-corrected chi connectivity index (χ3v) is 6.57. The Morgan fingerprint density at radius 2 is 1.06 bits per heavy atom. The summed E-state index contributed by atoms with van der Waals surface area (Å²) in [5, 5.41) is 0. The lowest BCUT2D eigenvalue weighted by molar-refractivity contribution is 0.304. The lowest BCUT2D eigenvalue weighted by atomic mass is 10.3. The van der Waals surface area contributed by atoms with Crippen LogP contribution in [0.5, 0.6) is 11.5 Å². The molecule has 0 fully saturated rings. The first-order valence-corrected chi connectivity index (χ1v) is 8.05. The molecule has 0 amide bonds. The molecule has 0 aliphatic heterocycles. The number of ether oxygens (including phenoxy) is 2. The second kappa shape index (κ2) is 7.72. The van der Waals surface area contributed by atoms with Gasteiger partial charge in [0.05, 0.1) is 17.9 Å². The Kier molecular flexibility index (Phi) is 6.98. The topological polar surface area (TPSA) is 18.5 Å². The van der Waals surface area contributed by atoms with E-state index in [1.807, 2.05) is 0 Å². The zero-order valence-electron chi connectivity index (χ0n) is 9.31. The number of hydrogen-bond donors (Lipinski definition) is 0. The molecule has 18 heavy (non-hydrogen) atoms. The monoisotopic (exact) mass is 502 g/mol. The van der Waals surface area contributed by atoms with Gasteiger partial charge in [-0.25, -0.2) is 0 Å². The Balaban J connectivity index is 3.32. The number of benzene rings is 1. The average Bonchev–Trinajstić information content (AvgIpc) is 2.38. The molecule has 0 spiro atoms. The highest BCUT2D eigenvalue weighted by molar-refractivity contribution is 9.15. The summed E-state index contributed by atoms with van der Waals surface area (Å²) in [6, 6.07) is 0. The Bertz CT molecular complexity index is 429. The van der Waals surface area contributed by atoms with Gasteiger partial charge in [0.15, 0.2) is 11.5 Å². The molecule has 0 bridgehead atoms. The van der Waals surface area contributed by atoms with Gasteiger partial charge in [-0.05, 0) is 63.7 Å². The van der Waals surface area contributed by atoms with E-state index < -0.39 is 0 Å². The van der Waals surface area contributed by atoms with Crippen molar-refractivity contribution >= 4 is 63.7 Å². The molecule has 0 aliphatic rings. The summed E-state index contributed by atoms with van der Waals surface area (Å²) in [6.45, 7) is 8.04. The summed E-state index contributed by atoms with van der Waals surface area (Å²) in [6.07, 6.45) is 3.35. The number of halogens is 4. The average molecular weight is 506 g/mol. The second-order valence-electron chi connectivity index (χ2n) is 3.11. The first-order chi connectivity index (χ1) is 8.54. The summed E-state index contributed by atoms with van der Waals surface area (Å²) in [7, 11) is 0. The summed E-state index contributed by atoms with van der Waals surface area (Å²) in [5.74, 6) is 1.22. The van der Waals surface area contributed by atoms with Crippen LogP contribution < -0.4 is 9.47 Å². The van der Waals surface area contributed by atoms with E-state index in [1.165, 1.54) is 0 Å². The first-order valence-electron chi connectivity index (χ1n) is 4.87. The highest BCUT2D eigenvalue weighted by Gasteiger charge is 2.21. The standard InChI is InChI=1S/C12H10Br4O2/c1-3-5-17-11-9(15)7(13)8(14)10(16)12(11)18-6-4-2/h3-4H,1-2,5-6H2. The molecule has 98 valence electrons. The molecule has 0 saturated heterocycles. The molecule has 1 aromatic carbocycles. The Hall–Kier alpha value is 0.220. The van der Waals surface area contributed by atoms with Crippen molar-refractivity contribution in [2.24, 2.45) is 0 Å². The van der Waals surface area contributed by atoms with E-state index in [0.717, 1.165) is 17.9 Å². The highest BCUT2D eigenvalue weighted by atomic mass is 79.9. The van der Waals surface area contributed by atoms with Gasteiger partial charge in [0.2, 0.25) is 0 Å². The van der Waals surface area contributed by atoms with E-state index in [-0.39, 0.29) is 0 Å². The Labute approximate surface area is 140 Å². The van der Waals surface area contributed by atoms with Crippen LogP contribution in [0.4, 0.5) is 0 Å². The van der Waals surface area contributed by atoms with E-state index in [0.29, 0.717) is 24.7 Å². The Morgan fingerprint density at radius 3 is 1.33 bits per heavy atom. The quantitative estimate of drug-likeness (QED) is 0.274. The lowest BCUT2D eigenvalue weighted by Crippen LogP contribution is -2.02. The van der Waals surface area contributed by atoms with Crippen molar-refractivity contribution < 1.29 is 9.47 Å². The van der Waals surface area contributed by atoms with Gasteiger partial charge in [-0.2, -0.15) is 0 Å². The molecule has 0 unspecified atom stereocenters. The number of rotatable bonds is 6. The lowest BCUT2D eigenvalue weighted by Gasteiger charge is -2.17. The SMILES string of the molecule is C=CCOc1c(Br)c(Br)c(Br)c(Br)c1OCC=C. The van der Waals surface area contributed by atoms with Gasteiger partial charge in [0.1, 0.15) is 13.2 Å². The van der Waals surface area contributed by atoms with E-state index in [1.54, 1.807) is 12.2 Å². The van der Waals surface area contributed by atoms with Crippen molar-refractivity contribution in [2.75, 3.05) is 13.2 Å². The van der Waals surface area contributed by atoms with Crippen molar-refractivity contribution in [3.05, 3.63) is 43.2 Å². The molecule has 2 nitrogen and oxygen atoms in total. The molecule has 0 aromatic heterocycles. The maximum absolute atomic E-state index is 5.63. The summed E-state index contributed by atoms with van der Waals surface area (Å²) >= 11 is 13.9. The minimum absolute atomic E-state index is 0.392. The molecule has 0 radical (unpaired) electrons. The number of hydrogen-bond acceptors (Lipinski definition) is 2. The van der Waals surface area contributed by atoms with Crippen LogP contribution in [0, 0.1) is 0 Å². The third-order valence-electron chi connectivity index (χ3n) is 1.87. The fourth-order valence-corrected chi connectivity index (χ4v) is 3.41. The molecular weight excluding hydrogens is 496 g/mol. The smallest absolute Gasteiger partial charge is 0.178 e. The summed E-state index contributed by atoms with van der Waals surface area (Å²) < 4.78 is 14.5. The normalized spacial score (nSPS) is 10.0. The zero-order chi connectivity index (χ0) is 13.7. The fourth-order valence-electron chi connectivity index (χ4n) is 1.13. The minimum atomic E-state index is 0.392. The van der Waals surface area contributed by atoms with Crippen molar-refractivity contribution in [3.63, 3.8) is 0 Å². The van der Waals surface area contributed by atoms with Gasteiger partial charge in [-0.15, -0.1) is 0 Å². The van der Waals surface area contributed by atoms with Crippen LogP contribution >= 0.6 is 63.7 Å². The zero-order valence-corrected chi connectivity index (χ0v) is 15.7. The van der Waals surface area contributed by atoms with Crippen LogP contribution in [-0.2, 0) is 0 Å². The molecule has 0 N–H and O–H groups in total. The molecule has 0 heterocycles.